The first kappa shape index (κ1) is 59.3. The average molecular weight is 866 g/mol. The van der Waals surface area contributed by atoms with Crippen molar-refractivity contribution in [3.05, 3.63) is 72.9 Å². The molecule has 0 heterocycles. The first-order valence-electron chi connectivity index (χ1n) is 26.2. The van der Waals surface area contributed by atoms with Crippen LogP contribution in [0.15, 0.2) is 72.9 Å². The number of carbonyl (C=O) groups is 2. The molecule has 358 valence electrons. The molecular formula is C56H99NO5. The van der Waals surface area contributed by atoms with Crippen molar-refractivity contribution in [3.8, 4) is 0 Å². The number of amides is 1. The summed E-state index contributed by atoms with van der Waals surface area (Å²) in [5.74, 6) is -0.592. The van der Waals surface area contributed by atoms with E-state index < -0.39 is 18.2 Å². The van der Waals surface area contributed by atoms with Gasteiger partial charge in [0.25, 0.3) is 0 Å². The lowest BCUT2D eigenvalue weighted by molar-refractivity contribution is -0.150. The fraction of sp³-hybridized carbons (Fsp3) is 0.750. The highest BCUT2D eigenvalue weighted by Gasteiger charge is 2.23. The number of carbonyl (C=O) groups excluding carboxylic acids is 2. The summed E-state index contributed by atoms with van der Waals surface area (Å²) in [7, 11) is 0. The summed E-state index contributed by atoms with van der Waals surface area (Å²) in [5, 5.41) is 23.8. The smallest absolute Gasteiger partial charge is 0.306 e. The molecule has 0 saturated carbocycles. The molecule has 3 atom stereocenters. The Morgan fingerprint density at radius 3 is 1.40 bits per heavy atom. The van der Waals surface area contributed by atoms with E-state index in [1.807, 2.05) is 12.2 Å². The highest BCUT2D eigenvalue weighted by atomic mass is 16.5. The maximum absolute atomic E-state index is 13.2. The van der Waals surface area contributed by atoms with Gasteiger partial charge >= 0.3 is 5.97 Å². The quantitative estimate of drug-likeness (QED) is 0.0322. The van der Waals surface area contributed by atoms with E-state index in [-0.39, 0.29) is 24.9 Å². The second kappa shape index (κ2) is 49.3. The van der Waals surface area contributed by atoms with Crippen LogP contribution in [-0.4, -0.2) is 46.9 Å². The number of esters is 1. The molecule has 0 aliphatic heterocycles. The molecule has 0 aromatic rings. The van der Waals surface area contributed by atoms with Crippen LogP contribution in [0.25, 0.3) is 0 Å². The van der Waals surface area contributed by atoms with Crippen molar-refractivity contribution in [3.63, 3.8) is 0 Å². The molecule has 0 aromatic carbocycles. The van der Waals surface area contributed by atoms with E-state index in [1.54, 1.807) is 0 Å². The number of allylic oxidation sites excluding steroid dienone is 11. The lowest BCUT2D eigenvalue weighted by atomic mass is 10.0. The van der Waals surface area contributed by atoms with Crippen molar-refractivity contribution in [1.29, 1.82) is 0 Å². The van der Waals surface area contributed by atoms with E-state index in [0.29, 0.717) is 19.3 Å². The minimum atomic E-state index is -0.815. The van der Waals surface area contributed by atoms with Gasteiger partial charge in [-0.05, 0) is 64.2 Å². The Morgan fingerprint density at radius 1 is 0.500 bits per heavy atom. The molecule has 3 N–H and O–H groups in total. The maximum Gasteiger partial charge on any atom is 0.306 e. The van der Waals surface area contributed by atoms with Crippen LogP contribution >= 0.6 is 0 Å². The third-order valence-electron chi connectivity index (χ3n) is 11.5. The zero-order valence-corrected chi connectivity index (χ0v) is 40.7. The maximum atomic E-state index is 13.2. The van der Waals surface area contributed by atoms with Gasteiger partial charge < -0.3 is 20.3 Å². The Kier molecular flexibility index (Phi) is 47.2. The minimum Gasteiger partial charge on any atom is -0.461 e. The number of unbranched alkanes of at least 4 members (excludes halogenated alkanes) is 23. The summed E-state index contributed by atoms with van der Waals surface area (Å²) in [5.41, 5.74) is 0. The molecule has 0 bridgehead atoms. The Balaban J connectivity index is 4.65. The summed E-state index contributed by atoms with van der Waals surface area (Å²) >= 11 is 0. The van der Waals surface area contributed by atoms with Crippen LogP contribution < -0.4 is 5.32 Å². The summed E-state index contributed by atoms with van der Waals surface area (Å²) in [6, 6.07) is -0.736. The van der Waals surface area contributed by atoms with Crippen LogP contribution in [0.3, 0.4) is 0 Å². The number of rotatable bonds is 46. The average Bonchev–Trinajstić information content (AvgIpc) is 3.26. The molecule has 0 saturated heterocycles. The third-order valence-corrected chi connectivity index (χ3v) is 11.5. The Hall–Kier alpha value is -2.70. The number of aliphatic hydroxyl groups is 2. The standard InChI is InChI=1S/C56H99NO5/c1-4-7-10-13-16-19-22-24-26-27-29-31-34-36-39-42-45-48-54(59)53(51-58)57-55(60)50-52(62-56(61)49-46-43-40-37-32-21-18-15-12-9-6-3)47-44-41-38-35-33-30-28-25-23-20-17-14-11-8-5-2/h8,11,15,17-18,20,25,28,33,35,41,44,52-54,58-59H,4-7,9-10,12-14,16,19,21-24,26-27,29-32,34,36-40,42-43,45-51H2,1-3H3,(H,57,60)/b11-8-,18-15-,20-17-,28-25-,35-33-,44-41-. The van der Waals surface area contributed by atoms with Crippen molar-refractivity contribution in [2.75, 3.05) is 6.61 Å². The van der Waals surface area contributed by atoms with E-state index in [9.17, 15) is 19.8 Å². The predicted molar refractivity (Wildman–Crippen MR) is 268 cm³/mol. The minimum absolute atomic E-state index is 0.00578. The number of hydrogen-bond donors (Lipinski definition) is 3. The Labute approximate surface area is 383 Å². The lowest BCUT2D eigenvalue weighted by Gasteiger charge is -2.24. The second-order valence-electron chi connectivity index (χ2n) is 17.5. The summed E-state index contributed by atoms with van der Waals surface area (Å²) in [6.07, 6.45) is 62.7. The van der Waals surface area contributed by atoms with E-state index >= 15 is 0 Å². The Morgan fingerprint density at radius 2 is 0.919 bits per heavy atom. The molecule has 0 aliphatic carbocycles. The summed E-state index contributed by atoms with van der Waals surface area (Å²) in [6.45, 7) is 6.31. The van der Waals surface area contributed by atoms with Crippen molar-refractivity contribution >= 4 is 11.9 Å². The molecule has 6 nitrogen and oxygen atoms in total. The van der Waals surface area contributed by atoms with E-state index in [4.69, 9.17) is 4.74 Å². The van der Waals surface area contributed by atoms with Gasteiger partial charge in [-0.1, -0.05) is 235 Å². The molecule has 0 radical (unpaired) electrons. The van der Waals surface area contributed by atoms with Gasteiger partial charge in [-0.2, -0.15) is 0 Å². The molecule has 0 aromatic heterocycles. The van der Waals surface area contributed by atoms with Crippen LogP contribution in [0.1, 0.15) is 245 Å². The van der Waals surface area contributed by atoms with Gasteiger partial charge in [0, 0.05) is 12.8 Å². The molecule has 1 amide bonds. The fourth-order valence-electron chi connectivity index (χ4n) is 7.55. The number of ether oxygens (including phenoxy) is 1. The highest BCUT2D eigenvalue weighted by Crippen LogP contribution is 2.17. The first-order valence-corrected chi connectivity index (χ1v) is 26.2. The van der Waals surface area contributed by atoms with Crippen molar-refractivity contribution in [2.45, 2.75) is 264 Å². The number of nitrogens with one attached hydrogen (secondary N) is 1. The van der Waals surface area contributed by atoms with Gasteiger partial charge in [0.1, 0.15) is 6.10 Å². The van der Waals surface area contributed by atoms with Crippen LogP contribution in [0.2, 0.25) is 0 Å². The van der Waals surface area contributed by atoms with E-state index in [0.717, 1.165) is 83.5 Å². The van der Waals surface area contributed by atoms with Crippen LogP contribution in [0.5, 0.6) is 0 Å². The molecule has 62 heavy (non-hydrogen) atoms. The molecule has 0 aliphatic rings. The van der Waals surface area contributed by atoms with Gasteiger partial charge in [-0.25, -0.2) is 0 Å². The molecule has 0 fully saturated rings. The lowest BCUT2D eigenvalue weighted by Crippen LogP contribution is -2.46. The number of aliphatic hydroxyl groups excluding tert-OH is 2. The second-order valence-corrected chi connectivity index (χ2v) is 17.5. The summed E-state index contributed by atoms with van der Waals surface area (Å²) < 4.78 is 5.85. The SMILES string of the molecule is CC/C=C\C/C=C\C/C=C\C/C=C\C/C=C\CC(CC(=O)NC(CO)C(O)CCCCCCCCCCCCCCCCCCC)OC(=O)CCCCCCC/C=C\CCCC. The first-order chi connectivity index (χ1) is 30.5. The molecule has 0 spiro atoms. The van der Waals surface area contributed by atoms with Crippen LogP contribution in [0.4, 0.5) is 0 Å². The van der Waals surface area contributed by atoms with Crippen LogP contribution in [0, 0.1) is 0 Å². The molecular weight excluding hydrogens is 767 g/mol. The van der Waals surface area contributed by atoms with E-state index in [2.05, 4.69) is 86.8 Å². The Bertz CT molecular complexity index is 1150. The normalized spacial score (nSPS) is 13.8. The van der Waals surface area contributed by atoms with Crippen LogP contribution in [-0.2, 0) is 14.3 Å². The highest BCUT2D eigenvalue weighted by molar-refractivity contribution is 5.77. The van der Waals surface area contributed by atoms with Gasteiger partial charge in [0.2, 0.25) is 5.91 Å². The van der Waals surface area contributed by atoms with Crippen molar-refractivity contribution < 1.29 is 24.5 Å². The van der Waals surface area contributed by atoms with Gasteiger partial charge in [-0.15, -0.1) is 0 Å². The van der Waals surface area contributed by atoms with Gasteiger partial charge in [-0.3, -0.25) is 9.59 Å². The zero-order valence-electron chi connectivity index (χ0n) is 40.7. The zero-order chi connectivity index (χ0) is 45.2. The molecule has 3 unspecified atom stereocenters. The van der Waals surface area contributed by atoms with Gasteiger partial charge in [0.05, 0.1) is 25.2 Å². The monoisotopic (exact) mass is 866 g/mol. The third kappa shape index (κ3) is 43.9. The summed E-state index contributed by atoms with van der Waals surface area (Å²) in [4.78, 5) is 26.1. The largest absolute Gasteiger partial charge is 0.461 e. The van der Waals surface area contributed by atoms with Crippen molar-refractivity contribution in [1.82, 2.24) is 5.32 Å². The number of hydrogen-bond acceptors (Lipinski definition) is 5. The molecule has 6 heteroatoms. The van der Waals surface area contributed by atoms with E-state index in [1.165, 1.54) is 116 Å². The predicted octanol–water partition coefficient (Wildman–Crippen LogP) is 15.8. The molecule has 0 rings (SSSR count). The van der Waals surface area contributed by atoms with Crippen molar-refractivity contribution in [2.24, 2.45) is 0 Å². The van der Waals surface area contributed by atoms with Gasteiger partial charge in [0.15, 0.2) is 0 Å². The fourth-order valence-corrected chi connectivity index (χ4v) is 7.55. The topological polar surface area (TPSA) is 95.9 Å².